The molecule has 1 aromatic rings. The van der Waals surface area contributed by atoms with Crippen LogP contribution in [0.15, 0.2) is 23.5 Å². The number of nitrogens with zero attached hydrogens (tertiary/aromatic N) is 1. The fourth-order valence-corrected chi connectivity index (χ4v) is 7.02. The Labute approximate surface area is 202 Å². The Bertz CT molecular complexity index is 1050. The number of rotatable bonds is 6. The highest BCUT2D eigenvalue weighted by atomic mass is 16.5. The summed E-state index contributed by atoms with van der Waals surface area (Å²) in [4.78, 5) is 15.8. The van der Waals surface area contributed by atoms with Crippen LogP contribution in [0, 0.1) is 5.92 Å². The number of amides is 1. The number of aromatic hydroxyl groups is 1. The summed E-state index contributed by atoms with van der Waals surface area (Å²) in [7, 11) is 0. The fraction of sp³-hybridized carbons (Fsp3) is 0.667. The van der Waals surface area contributed by atoms with Crippen molar-refractivity contribution in [2.75, 3.05) is 19.7 Å². The van der Waals surface area contributed by atoms with Crippen molar-refractivity contribution in [3.05, 3.63) is 34.6 Å². The minimum Gasteiger partial charge on any atom is -0.504 e. The van der Waals surface area contributed by atoms with E-state index < -0.39 is 17.1 Å². The summed E-state index contributed by atoms with van der Waals surface area (Å²) in [6.45, 7) is 8.01. The van der Waals surface area contributed by atoms with E-state index in [0.29, 0.717) is 42.4 Å². The van der Waals surface area contributed by atoms with Crippen molar-refractivity contribution in [3.8, 4) is 11.5 Å². The lowest BCUT2D eigenvalue weighted by Crippen LogP contribution is -2.76. The van der Waals surface area contributed by atoms with Crippen LogP contribution in [0.25, 0.3) is 0 Å². The molecular weight excluding hydrogens is 432 g/mol. The third-order valence-electron chi connectivity index (χ3n) is 8.49. The topological polar surface area (TPSA) is 91.3 Å². The second-order valence-corrected chi connectivity index (χ2v) is 10.8. The highest BCUT2D eigenvalue weighted by Crippen LogP contribution is 2.66. The molecule has 1 amide bonds. The summed E-state index contributed by atoms with van der Waals surface area (Å²) in [6, 6.07) is 3.54. The van der Waals surface area contributed by atoms with Crippen LogP contribution in [0.1, 0.15) is 65.0 Å². The molecule has 0 radical (unpaired) electrons. The number of benzene rings is 1. The monoisotopic (exact) mass is 470 g/mol. The van der Waals surface area contributed by atoms with Gasteiger partial charge in [-0.05, 0) is 70.5 Å². The normalized spacial score (nSPS) is 33.2. The molecule has 7 heteroatoms. The molecule has 34 heavy (non-hydrogen) atoms. The molecule has 7 nitrogen and oxygen atoms in total. The zero-order valence-electron chi connectivity index (χ0n) is 19.7. The molecule has 3 aliphatic carbocycles. The first-order valence-corrected chi connectivity index (χ1v) is 12.4. The predicted molar refractivity (Wildman–Crippen MR) is 129 cm³/mol. The van der Waals surface area contributed by atoms with Crippen molar-refractivity contribution in [3.63, 3.8) is 0 Å². The molecule has 2 fully saturated rings. The summed E-state index contributed by atoms with van der Waals surface area (Å²) in [5, 5.41) is 26.4. The van der Waals surface area contributed by atoms with Crippen molar-refractivity contribution in [1.82, 2.24) is 10.2 Å². The van der Waals surface area contributed by atoms with Crippen LogP contribution in [0.2, 0.25) is 0 Å². The number of piperidine rings is 1. The third kappa shape index (κ3) is 2.99. The average molecular weight is 471 g/mol. The zero-order chi connectivity index (χ0) is 23.1. The van der Waals surface area contributed by atoms with Gasteiger partial charge in [-0.3, -0.25) is 9.69 Å². The lowest BCUT2D eigenvalue weighted by Gasteiger charge is -2.62. The standard InChI is InChI=1S/C26H34N2O5.CH4/c1-4-32-21-17(24(30)27-14(2)3)12-26(31)19-11-16-7-8-18(29)22-20(16)25(26,23(21)33-22)9-10-28(19)13-15-5-6-15;/h7-8,14-15,19,23,29,31H,4-6,9-13H2,1-3H3,(H,27,30);1H4/t19-,23+,25+,26-;/m1./s1. The second-order valence-electron chi connectivity index (χ2n) is 10.8. The van der Waals surface area contributed by atoms with E-state index in [2.05, 4.69) is 10.2 Å². The number of hydrogen-bond donors (Lipinski definition) is 3. The SMILES string of the molecule is C.CCOC1=C(C(=O)NC(C)C)C[C@@]2(O)[C@H]3Cc4ccc(O)c5c4[C@@]2(CCN3CC2CC2)[C@H]1O5. The van der Waals surface area contributed by atoms with E-state index in [1.807, 2.05) is 26.8 Å². The number of phenols is 1. The number of phenolic OH excluding ortho intramolecular Hbond substituents is 1. The van der Waals surface area contributed by atoms with Crippen LogP contribution in [0.4, 0.5) is 0 Å². The molecule has 1 saturated carbocycles. The maximum atomic E-state index is 13.3. The fourth-order valence-electron chi connectivity index (χ4n) is 7.02. The first-order valence-electron chi connectivity index (χ1n) is 12.4. The third-order valence-corrected chi connectivity index (χ3v) is 8.49. The lowest BCUT2D eigenvalue weighted by atomic mass is 9.49. The Morgan fingerprint density at radius 3 is 2.79 bits per heavy atom. The summed E-state index contributed by atoms with van der Waals surface area (Å²) in [5.41, 5.74) is 0.624. The van der Waals surface area contributed by atoms with Gasteiger partial charge in [0.1, 0.15) is 5.76 Å². The van der Waals surface area contributed by atoms with Crippen LogP contribution >= 0.6 is 0 Å². The predicted octanol–water partition coefficient (Wildman–Crippen LogP) is 3.02. The molecule has 2 aliphatic heterocycles. The number of ether oxygens (including phenoxy) is 2. The maximum absolute atomic E-state index is 13.3. The van der Waals surface area contributed by atoms with Gasteiger partial charge in [-0.15, -0.1) is 0 Å². The Kier molecular flexibility index (Phi) is 5.45. The zero-order valence-corrected chi connectivity index (χ0v) is 19.7. The smallest absolute Gasteiger partial charge is 0.251 e. The Hall–Kier alpha value is -2.25. The minimum absolute atomic E-state index is 0. The summed E-state index contributed by atoms with van der Waals surface area (Å²) in [5.74, 6) is 1.55. The number of hydrogen-bond acceptors (Lipinski definition) is 6. The molecule has 3 N–H and O–H groups in total. The van der Waals surface area contributed by atoms with Gasteiger partial charge < -0.3 is 25.0 Å². The van der Waals surface area contributed by atoms with Crippen LogP contribution in [-0.2, 0) is 21.4 Å². The molecule has 0 unspecified atom stereocenters. The molecule has 0 aromatic heterocycles. The lowest BCUT2D eigenvalue weighted by molar-refractivity contribution is -0.174. The van der Waals surface area contributed by atoms with Gasteiger partial charge in [-0.25, -0.2) is 0 Å². The second kappa shape index (κ2) is 7.89. The van der Waals surface area contributed by atoms with E-state index in [-0.39, 0.29) is 37.6 Å². The first kappa shape index (κ1) is 23.5. The molecule has 1 spiro atoms. The van der Waals surface area contributed by atoms with Gasteiger partial charge in [0.2, 0.25) is 0 Å². The van der Waals surface area contributed by atoms with Gasteiger partial charge in [0.15, 0.2) is 17.6 Å². The summed E-state index contributed by atoms with van der Waals surface area (Å²) in [6.07, 6.45) is 3.49. The Morgan fingerprint density at radius 2 is 2.12 bits per heavy atom. The van der Waals surface area contributed by atoms with E-state index in [4.69, 9.17) is 9.47 Å². The van der Waals surface area contributed by atoms with Crippen molar-refractivity contribution in [1.29, 1.82) is 0 Å². The van der Waals surface area contributed by atoms with Crippen LogP contribution < -0.4 is 10.1 Å². The van der Waals surface area contributed by atoms with Gasteiger partial charge in [-0.2, -0.15) is 0 Å². The molecule has 1 aromatic carbocycles. The number of aliphatic hydroxyl groups is 1. The van der Waals surface area contributed by atoms with Gasteiger partial charge in [0.25, 0.3) is 5.91 Å². The van der Waals surface area contributed by atoms with E-state index in [1.165, 1.54) is 12.8 Å². The number of carbonyl (C=O) groups excluding carboxylic acids is 1. The van der Waals surface area contributed by atoms with Crippen molar-refractivity contribution in [2.24, 2.45) is 5.92 Å². The van der Waals surface area contributed by atoms with E-state index >= 15 is 0 Å². The molecule has 2 bridgehead atoms. The van der Waals surface area contributed by atoms with Crippen LogP contribution in [0.5, 0.6) is 11.5 Å². The molecule has 1 saturated heterocycles. The molecule has 2 heterocycles. The molecule has 186 valence electrons. The number of likely N-dealkylation sites (tertiary alicyclic amines) is 1. The average Bonchev–Trinajstić information content (AvgIpc) is 3.50. The Balaban J connectivity index is 0.00000241. The van der Waals surface area contributed by atoms with E-state index in [9.17, 15) is 15.0 Å². The van der Waals surface area contributed by atoms with Crippen molar-refractivity contribution >= 4 is 5.91 Å². The van der Waals surface area contributed by atoms with Crippen molar-refractivity contribution < 1.29 is 24.5 Å². The van der Waals surface area contributed by atoms with E-state index in [0.717, 1.165) is 24.2 Å². The van der Waals surface area contributed by atoms with Gasteiger partial charge in [0.05, 0.1) is 23.2 Å². The van der Waals surface area contributed by atoms with Crippen LogP contribution in [-0.4, -0.2) is 64.5 Å². The number of nitrogens with one attached hydrogen (secondary N) is 1. The highest BCUT2D eigenvalue weighted by molar-refractivity contribution is 5.95. The highest BCUT2D eigenvalue weighted by Gasteiger charge is 2.73. The number of carbonyl (C=O) groups is 1. The summed E-state index contributed by atoms with van der Waals surface area (Å²) >= 11 is 0. The van der Waals surface area contributed by atoms with Crippen LogP contribution in [0.3, 0.4) is 0 Å². The van der Waals surface area contributed by atoms with E-state index in [1.54, 1.807) is 6.07 Å². The van der Waals surface area contributed by atoms with Crippen molar-refractivity contribution in [2.45, 2.75) is 89.5 Å². The molecule has 5 aliphatic rings. The quantitative estimate of drug-likeness (QED) is 0.592. The Morgan fingerprint density at radius 1 is 1.35 bits per heavy atom. The summed E-state index contributed by atoms with van der Waals surface area (Å²) < 4.78 is 12.6. The molecule has 4 atom stereocenters. The van der Waals surface area contributed by atoms with Gasteiger partial charge in [0, 0.05) is 30.6 Å². The molecular formula is C27H38N2O5. The maximum Gasteiger partial charge on any atom is 0.251 e. The largest absolute Gasteiger partial charge is 0.504 e. The minimum atomic E-state index is -1.18. The van der Waals surface area contributed by atoms with Gasteiger partial charge in [-0.1, -0.05) is 13.5 Å². The molecule has 6 rings (SSSR count). The van der Waals surface area contributed by atoms with Gasteiger partial charge >= 0.3 is 0 Å². The first-order chi connectivity index (χ1) is 15.8.